The second-order valence-electron chi connectivity index (χ2n) is 5.70. The standard InChI is InChI=1S/C14H24N6O7/c1-6(15)12(24)20-8(4-10(17)22)13(25)18-5-11(23)19-7(14(26)27)2-3-9(16)21/h6-8H,2-5,15H2,1H3,(H2,16,21)(H2,17,22)(H,18,25)(H,19,23)(H,20,24)(H,26,27). The molecule has 0 spiro atoms. The molecule has 13 heteroatoms. The lowest BCUT2D eigenvalue weighted by molar-refractivity contribution is -0.142. The van der Waals surface area contributed by atoms with Gasteiger partial charge >= 0.3 is 5.97 Å². The molecule has 0 rings (SSSR count). The summed E-state index contributed by atoms with van der Waals surface area (Å²) < 4.78 is 0. The van der Waals surface area contributed by atoms with Gasteiger partial charge in [-0.15, -0.1) is 0 Å². The number of hydrogen-bond acceptors (Lipinski definition) is 7. The third kappa shape index (κ3) is 10.4. The molecule has 3 unspecified atom stereocenters. The van der Waals surface area contributed by atoms with E-state index in [9.17, 15) is 28.8 Å². The van der Waals surface area contributed by atoms with E-state index in [2.05, 4.69) is 16.0 Å². The number of carboxylic acid groups (broad SMARTS) is 1. The first-order valence-corrected chi connectivity index (χ1v) is 7.86. The molecule has 0 fully saturated rings. The van der Waals surface area contributed by atoms with Crippen molar-refractivity contribution in [3.05, 3.63) is 0 Å². The summed E-state index contributed by atoms with van der Waals surface area (Å²) in [4.78, 5) is 68.2. The highest BCUT2D eigenvalue weighted by Gasteiger charge is 2.25. The first kappa shape index (κ1) is 23.8. The molecule has 0 aromatic carbocycles. The maximum absolute atomic E-state index is 12.0. The molecule has 0 bridgehead atoms. The van der Waals surface area contributed by atoms with Gasteiger partial charge in [-0.25, -0.2) is 4.79 Å². The molecule has 152 valence electrons. The van der Waals surface area contributed by atoms with Crippen LogP contribution in [0.4, 0.5) is 0 Å². The molecule has 0 radical (unpaired) electrons. The first-order valence-electron chi connectivity index (χ1n) is 7.86. The van der Waals surface area contributed by atoms with Crippen LogP contribution in [0.3, 0.4) is 0 Å². The number of hydrogen-bond donors (Lipinski definition) is 7. The lowest BCUT2D eigenvalue weighted by Crippen LogP contribution is -2.54. The second-order valence-corrected chi connectivity index (χ2v) is 5.70. The molecule has 0 aromatic rings. The van der Waals surface area contributed by atoms with Crippen molar-refractivity contribution < 1.29 is 33.9 Å². The third-order valence-electron chi connectivity index (χ3n) is 3.19. The molecule has 5 amide bonds. The Morgan fingerprint density at radius 3 is 1.96 bits per heavy atom. The zero-order chi connectivity index (χ0) is 21.1. The summed E-state index contributed by atoms with van der Waals surface area (Å²) in [6.07, 6.45) is -1.00. The van der Waals surface area contributed by atoms with Crippen molar-refractivity contribution in [1.29, 1.82) is 0 Å². The fourth-order valence-corrected chi connectivity index (χ4v) is 1.79. The maximum atomic E-state index is 12.0. The largest absolute Gasteiger partial charge is 0.480 e. The van der Waals surface area contributed by atoms with E-state index in [1.807, 2.05) is 0 Å². The number of nitrogens with one attached hydrogen (secondary N) is 3. The van der Waals surface area contributed by atoms with Crippen molar-refractivity contribution in [2.24, 2.45) is 17.2 Å². The number of primary amides is 2. The maximum Gasteiger partial charge on any atom is 0.326 e. The molecule has 27 heavy (non-hydrogen) atoms. The number of amides is 5. The molecule has 0 aliphatic rings. The third-order valence-corrected chi connectivity index (χ3v) is 3.19. The Morgan fingerprint density at radius 1 is 0.926 bits per heavy atom. The smallest absolute Gasteiger partial charge is 0.326 e. The van der Waals surface area contributed by atoms with E-state index in [1.54, 1.807) is 0 Å². The van der Waals surface area contributed by atoms with Gasteiger partial charge in [-0.05, 0) is 13.3 Å². The van der Waals surface area contributed by atoms with Gasteiger partial charge in [0.1, 0.15) is 12.1 Å². The minimum absolute atomic E-state index is 0.223. The van der Waals surface area contributed by atoms with Gasteiger partial charge in [0.2, 0.25) is 29.5 Å². The molecule has 0 saturated heterocycles. The zero-order valence-electron chi connectivity index (χ0n) is 14.7. The topological polar surface area (TPSA) is 237 Å². The summed E-state index contributed by atoms with van der Waals surface area (Å²) in [6.45, 7) is 0.725. The van der Waals surface area contributed by atoms with Gasteiger partial charge in [-0.2, -0.15) is 0 Å². The number of rotatable bonds is 12. The Morgan fingerprint density at radius 2 is 1.52 bits per heavy atom. The molecule has 13 nitrogen and oxygen atoms in total. The predicted molar refractivity (Wildman–Crippen MR) is 90.4 cm³/mol. The number of nitrogens with two attached hydrogens (primary N) is 3. The van der Waals surface area contributed by atoms with Crippen LogP contribution in [-0.4, -0.2) is 65.3 Å². The Bertz CT molecular complexity index is 607. The minimum Gasteiger partial charge on any atom is -0.480 e. The normalized spacial score (nSPS) is 13.6. The predicted octanol–water partition coefficient (Wildman–Crippen LogP) is -4.36. The highest BCUT2D eigenvalue weighted by molar-refractivity contribution is 5.95. The zero-order valence-corrected chi connectivity index (χ0v) is 14.7. The fraction of sp³-hybridized carbons (Fsp3) is 0.571. The molecule has 10 N–H and O–H groups in total. The van der Waals surface area contributed by atoms with Crippen molar-refractivity contribution in [3.8, 4) is 0 Å². The fourth-order valence-electron chi connectivity index (χ4n) is 1.79. The van der Waals surface area contributed by atoms with Crippen LogP contribution in [0.5, 0.6) is 0 Å². The van der Waals surface area contributed by atoms with Gasteiger partial charge in [0.25, 0.3) is 0 Å². The number of carbonyl (C=O) groups is 6. The van der Waals surface area contributed by atoms with E-state index in [-0.39, 0.29) is 12.8 Å². The van der Waals surface area contributed by atoms with Crippen LogP contribution in [0.15, 0.2) is 0 Å². The van der Waals surface area contributed by atoms with Gasteiger partial charge in [0.05, 0.1) is 19.0 Å². The number of aliphatic carboxylic acids is 1. The van der Waals surface area contributed by atoms with Gasteiger partial charge in [-0.1, -0.05) is 0 Å². The highest BCUT2D eigenvalue weighted by Crippen LogP contribution is 1.98. The van der Waals surface area contributed by atoms with Crippen molar-refractivity contribution in [2.45, 2.75) is 44.3 Å². The summed E-state index contributed by atoms with van der Waals surface area (Å²) in [5, 5.41) is 15.4. The average molecular weight is 388 g/mol. The lowest BCUT2D eigenvalue weighted by Gasteiger charge is -2.19. The molecule has 0 saturated carbocycles. The Kier molecular flexibility index (Phi) is 10.0. The van der Waals surface area contributed by atoms with Crippen LogP contribution >= 0.6 is 0 Å². The van der Waals surface area contributed by atoms with Crippen molar-refractivity contribution >= 4 is 35.5 Å². The van der Waals surface area contributed by atoms with Gasteiger partial charge in [0.15, 0.2) is 0 Å². The average Bonchev–Trinajstić information content (AvgIpc) is 2.54. The highest BCUT2D eigenvalue weighted by atomic mass is 16.4. The Labute approximate surface area is 154 Å². The summed E-state index contributed by atoms with van der Waals surface area (Å²) in [7, 11) is 0. The van der Waals surface area contributed by atoms with E-state index in [4.69, 9.17) is 22.3 Å². The summed E-state index contributed by atoms with van der Waals surface area (Å²) in [5.74, 6) is -5.45. The van der Waals surface area contributed by atoms with Crippen LogP contribution in [0.2, 0.25) is 0 Å². The molecule has 3 atom stereocenters. The van der Waals surface area contributed by atoms with Crippen molar-refractivity contribution in [2.75, 3.05) is 6.54 Å². The number of carbonyl (C=O) groups excluding carboxylic acids is 5. The second kappa shape index (κ2) is 11.4. The molecular formula is C14H24N6O7. The van der Waals surface area contributed by atoms with Crippen LogP contribution < -0.4 is 33.2 Å². The van der Waals surface area contributed by atoms with E-state index in [1.165, 1.54) is 6.92 Å². The minimum atomic E-state index is -1.38. The van der Waals surface area contributed by atoms with Crippen molar-refractivity contribution in [1.82, 2.24) is 16.0 Å². The van der Waals surface area contributed by atoms with Crippen LogP contribution in [-0.2, 0) is 28.8 Å². The quantitative estimate of drug-likeness (QED) is 0.172. The first-order chi connectivity index (χ1) is 12.4. The SMILES string of the molecule is CC(N)C(=O)NC(CC(N)=O)C(=O)NCC(=O)NC(CCC(N)=O)C(=O)O. The molecule has 0 aliphatic heterocycles. The van der Waals surface area contributed by atoms with Gasteiger partial charge < -0.3 is 38.3 Å². The van der Waals surface area contributed by atoms with E-state index in [0.29, 0.717) is 0 Å². The van der Waals surface area contributed by atoms with E-state index in [0.717, 1.165) is 0 Å². The van der Waals surface area contributed by atoms with Crippen LogP contribution in [0.25, 0.3) is 0 Å². The molecular weight excluding hydrogens is 364 g/mol. The van der Waals surface area contributed by atoms with E-state index < -0.39 is 66.6 Å². The Balaban J connectivity index is 4.73. The summed E-state index contributed by atoms with van der Waals surface area (Å²) in [6, 6.07) is -3.67. The van der Waals surface area contributed by atoms with Crippen molar-refractivity contribution in [3.63, 3.8) is 0 Å². The summed E-state index contributed by atoms with van der Waals surface area (Å²) in [5.41, 5.74) is 15.3. The van der Waals surface area contributed by atoms with Gasteiger partial charge in [0, 0.05) is 6.42 Å². The molecule has 0 aliphatic carbocycles. The van der Waals surface area contributed by atoms with Gasteiger partial charge in [-0.3, -0.25) is 24.0 Å². The number of carboxylic acids is 1. The monoisotopic (exact) mass is 388 g/mol. The molecule has 0 heterocycles. The van der Waals surface area contributed by atoms with Crippen LogP contribution in [0.1, 0.15) is 26.2 Å². The van der Waals surface area contributed by atoms with E-state index >= 15 is 0 Å². The lowest BCUT2D eigenvalue weighted by atomic mass is 10.1. The summed E-state index contributed by atoms with van der Waals surface area (Å²) >= 11 is 0. The Hall–Kier alpha value is -3.22. The van der Waals surface area contributed by atoms with Crippen LogP contribution in [0, 0.1) is 0 Å². The molecule has 0 aromatic heterocycles.